The summed E-state index contributed by atoms with van der Waals surface area (Å²) in [5.74, 6) is 0.0209. The molecular formula is C31H28Cl2N6O2S. The van der Waals surface area contributed by atoms with Crippen molar-refractivity contribution in [3.63, 3.8) is 0 Å². The zero-order valence-electron chi connectivity index (χ0n) is 23.1. The van der Waals surface area contributed by atoms with Gasteiger partial charge in [0.25, 0.3) is 5.91 Å². The maximum Gasteiger partial charge on any atom is 0.254 e. The van der Waals surface area contributed by atoms with Crippen LogP contribution in [0.25, 0.3) is 22.1 Å². The number of benzene rings is 3. The highest BCUT2D eigenvalue weighted by molar-refractivity contribution is 7.99. The van der Waals surface area contributed by atoms with E-state index in [1.807, 2.05) is 25.1 Å². The number of amides is 2. The quantitative estimate of drug-likeness (QED) is 0.214. The van der Waals surface area contributed by atoms with Crippen LogP contribution < -0.4 is 0 Å². The minimum absolute atomic E-state index is 0.0300. The Morgan fingerprint density at radius 3 is 2.55 bits per heavy atom. The fourth-order valence-electron chi connectivity index (χ4n) is 5.34. The van der Waals surface area contributed by atoms with Crippen LogP contribution in [0.5, 0.6) is 0 Å². The molecule has 42 heavy (non-hydrogen) atoms. The maximum atomic E-state index is 13.2. The summed E-state index contributed by atoms with van der Waals surface area (Å²) in [5.41, 5.74) is 5.31. The highest BCUT2D eigenvalue weighted by Gasteiger charge is 2.30. The maximum absolute atomic E-state index is 13.2. The van der Waals surface area contributed by atoms with Gasteiger partial charge >= 0.3 is 0 Å². The second kappa shape index (κ2) is 11.9. The molecule has 3 heterocycles. The number of halogens is 2. The highest BCUT2D eigenvalue weighted by Crippen LogP contribution is 2.29. The van der Waals surface area contributed by atoms with Crippen molar-refractivity contribution in [3.8, 4) is 0 Å². The number of hydrogen-bond donors (Lipinski definition) is 0. The predicted octanol–water partition coefficient (Wildman–Crippen LogP) is 6.11. The first kappa shape index (κ1) is 28.5. The topological polar surface area (TPSA) is 84.2 Å². The molecule has 2 amide bonds. The Kier molecular flexibility index (Phi) is 8.07. The van der Waals surface area contributed by atoms with Gasteiger partial charge in [0, 0.05) is 43.2 Å². The van der Waals surface area contributed by atoms with E-state index < -0.39 is 0 Å². The van der Waals surface area contributed by atoms with Crippen molar-refractivity contribution in [1.82, 2.24) is 29.5 Å². The molecule has 8 nitrogen and oxygen atoms in total. The summed E-state index contributed by atoms with van der Waals surface area (Å²) < 4.78 is 2.16. The van der Waals surface area contributed by atoms with Crippen LogP contribution in [0.4, 0.5) is 0 Å². The Morgan fingerprint density at radius 2 is 1.79 bits per heavy atom. The summed E-state index contributed by atoms with van der Waals surface area (Å²) in [6.07, 6.45) is 0. The second-order valence-corrected chi connectivity index (χ2v) is 12.2. The lowest BCUT2D eigenvalue weighted by atomic mass is 10.1. The molecule has 6 rings (SSSR count). The van der Waals surface area contributed by atoms with Crippen molar-refractivity contribution in [2.75, 3.05) is 25.4 Å². The van der Waals surface area contributed by atoms with E-state index in [0.717, 1.165) is 33.2 Å². The molecule has 2 aromatic heterocycles. The number of carbonyl (C=O) groups excluding carboxylic acids is 2. The number of thioether (sulfide) groups is 1. The standard InChI is InChI=1S/C31H28Cl2N6O2S/c1-19-8-11-26-23(14-19)28-29(39(26)17-21-6-4-3-5-7-21)34-31(36-35-28)42-18-27(40)37-12-13-38(20(2)16-37)30(41)22-9-10-24(32)25(33)15-22/h3-11,14-15,20H,12-13,16-18H2,1-2H3. The minimum Gasteiger partial charge on any atom is -0.338 e. The summed E-state index contributed by atoms with van der Waals surface area (Å²) >= 11 is 13.4. The number of nitrogens with zero attached hydrogens (tertiary/aromatic N) is 6. The molecule has 1 unspecified atom stereocenters. The van der Waals surface area contributed by atoms with E-state index in [-0.39, 0.29) is 23.6 Å². The fraction of sp³-hybridized carbons (Fsp3) is 0.258. The first-order chi connectivity index (χ1) is 20.3. The summed E-state index contributed by atoms with van der Waals surface area (Å²) in [5, 5.41) is 11.1. The second-order valence-electron chi connectivity index (χ2n) is 10.5. The van der Waals surface area contributed by atoms with Crippen molar-refractivity contribution in [1.29, 1.82) is 0 Å². The van der Waals surface area contributed by atoms with Crippen LogP contribution >= 0.6 is 35.0 Å². The number of carbonyl (C=O) groups is 2. The molecule has 0 aliphatic carbocycles. The molecule has 0 radical (unpaired) electrons. The van der Waals surface area contributed by atoms with E-state index in [9.17, 15) is 9.59 Å². The van der Waals surface area contributed by atoms with Gasteiger partial charge in [-0.1, -0.05) is 76.9 Å². The Labute approximate surface area is 257 Å². The van der Waals surface area contributed by atoms with Crippen molar-refractivity contribution in [2.24, 2.45) is 0 Å². The molecule has 1 fully saturated rings. The molecule has 3 aromatic carbocycles. The zero-order chi connectivity index (χ0) is 29.4. The number of piperazine rings is 1. The van der Waals surface area contributed by atoms with Gasteiger partial charge in [0.05, 0.1) is 21.3 Å². The van der Waals surface area contributed by atoms with Gasteiger partial charge < -0.3 is 14.4 Å². The third-order valence-electron chi connectivity index (χ3n) is 7.52. The lowest BCUT2D eigenvalue weighted by Crippen LogP contribution is -2.55. The van der Waals surface area contributed by atoms with Crippen molar-refractivity contribution in [3.05, 3.63) is 93.5 Å². The molecule has 1 aliphatic rings. The SMILES string of the molecule is Cc1ccc2c(c1)c1nnc(SCC(=O)N3CCN(C(=O)c4ccc(Cl)c(Cl)c4)C(C)C3)nc1n2Cc1ccccc1. The number of hydrogen-bond acceptors (Lipinski definition) is 6. The summed E-state index contributed by atoms with van der Waals surface area (Å²) in [6.45, 7) is 5.96. The largest absolute Gasteiger partial charge is 0.338 e. The first-order valence-corrected chi connectivity index (χ1v) is 15.4. The number of fused-ring (bicyclic) bond motifs is 3. The van der Waals surface area contributed by atoms with E-state index in [4.69, 9.17) is 28.2 Å². The molecule has 5 aromatic rings. The number of rotatable bonds is 6. The average Bonchev–Trinajstić information content (AvgIpc) is 3.29. The monoisotopic (exact) mass is 618 g/mol. The van der Waals surface area contributed by atoms with Crippen LogP contribution in [-0.2, 0) is 11.3 Å². The molecule has 1 aliphatic heterocycles. The van der Waals surface area contributed by atoms with Crippen molar-refractivity contribution < 1.29 is 9.59 Å². The van der Waals surface area contributed by atoms with Gasteiger partial charge in [-0.15, -0.1) is 10.2 Å². The Balaban J connectivity index is 1.16. The van der Waals surface area contributed by atoms with Gasteiger partial charge in [0.1, 0.15) is 5.52 Å². The van der Waals surface area contributed by atoms with Crippen LogP contribution in [0.2, 0.25) is 10.0 Å². The van der Waals surface area contributed by atoms with Gasteiger partial charge in [-0.05, 0) is 49.7 Å². The van der Waals surface area contributed by atoms with Gasteiger partial charge in [-0.2, -0.15) is 0 Å². The van der Waals surface area contributed by atoms with Crippen LogP contribution in [0.15, 0.2) is 71.9 Å². The molecule has 1 saturated heterocycles. The van der Waals surface area contributed by atoms with Crippen LogP contribution in [-0.4, -0.2) is 72.8 Å². The summed E-state index contributed by atoms with van der Waals surface area (Å²) in [6, 6.07) is 21.2. The van der Waals surface area contributed by atoms with Crippen LogP contribution in [0, 0.1) is 6.92 Å². The molecule has 0 saturated carbocycles. The Morgan fingerprint density at radius 1 is 0.976 bits per heavy atom. The van der Waals surface area contributed by atoms with Gasteiger partial charge in [0.2, 0.25) is 11.1 Å². The molecule has 0 spiro atoms. The lowest BCUT2D eigenvalue weighted by molar-refractivity contribution is -0.130. The molecule has 0 bridgehead atoms. The van der Waals surface area contributed by atoms with Gasteiger partial charge in [0.15, 0.2) is 5.65 Å². The normalized spacial score (nSPS) is 15.5. The molecule has 1 atom stereocenters. The Hall–Kier alpha value is -3.66. The Bertz CT molecular complexity index is 1810. The molecule has 214 valence electrons. The van der Waals surface area contributed by atoms with E-state index in [0.29, 0.717) is 46.9 Å². The van der Waals surface area contributed by atoms with Crippen LogP contribution in [0.1, 0.15) is 28.4 Å². The van der Waals surface area contributed by atoms with Gasteiger partial charge in [-0.3, -0.25) is 9.59 Å². The predicted molar refractivity (Wildman–Crippen MR) is 167 cm³/mol. The fourth-order valence-corrected chi connectivity index (χ4v) is 6.32. The van der Waals surface area contributed by atoms with E-state index in [1.165, 1.54) is 11.8 Å². The number of aromatic nitrogens is 4. The zero-order valence-corrected chi connectivity index (χ0v) is 25.5. The van der Waals surface area contributed by atoms with Crippen molar-refractivity contribution >= 4 is 68.8 Å². The lowest BCUT2D eigenvalue weighted by Gasteiger charge is -2.40. The first-order valence-electron chi connectivity index (χ1n) is 13.6. The van der Waals surface area contributed by atoms with Gasteiger partial charge in [-0.25, -0.2) is 4.98 Å². The van der Waals surface area contributed by atoms with Crippen LogP contribution in [0.3, 0.4) is 0 Å². The number of aryl methyl sites for hydroxylation is 1. The van der Waals surface area contributed by atoms with E-state index in [2.05, 4.69) is 52.0 Å². The van der Waals surface area contributed by atoms with E-state index in [1.54, 1.807) is 28.0 Å². The third-order valence-corrected chi connectivity index (χ3v) is 9.08. The summed E-state index contributed by atoms with van der Waals surface area (Å²) in [4.78, 5) is 34.7. The third kappa shape index (κ3) is 5.69. The van der Waals surface area contributed by atoms with Crippen molar-refractivity contribution in [2.45, 2.75) is 31.6 Å². The molecule has 11 heteroatoms. The summed E-state index contributed by atoms with van der Waals surface area (Å²) in [7, 11) is 0. The molecular weight excluding hydrogens is 591 g/mol. The molecule has 0 N–H and O–H groups in total. The minimum atomic E-state index is -0.152. The smallest absolute Gasteiger partial charge is 0.254 e. The average molecular weight is 620 g/mol. The van der Waals surface area contributed by atoms with E-state index >= 15 is 0 Å². The highest BCUT2D eigenvalue weighted by atomic mass is 35.5.